The fourth-order valence-electron chi connectivity index (χ4n) is 2.13. The van der Waals surface area contributed by atoms with Crippen molar-refractivity contribution in [3.8, 4) is 11.5 Å². The van der Waals surface area contributed by atoms with Crippen LogP contribution in [0.4, 0.5) is 10.5 Å². The Labute approximate surface area is 133 Å². The van der Waals surface area contributed by atoms with E-state index in [0.29, 0.717) is 28.8 Å². The van der Waals surface area contributed by atoms with Crippen molar-refractivity contribution in [2.24, 2.45) is 0 Å². The molecule has 0 spiro atoms. The largest absolute Gasteiger partial charge is 0.454 e. The highest BCUT2D eigenvalue weighted by Crippen LogP contribution is 2.34. The van der Waals surface area contributed by atoms with Gasteiger partial charge in [-0.05, 0) is 29.8 Å². The van der Waals surface area contributed by atoms with Gasteiger partial charge in [-0.25, -0.2) is 4.79 Å². The van der Waals surface area contributed by atoms with Crippen molar-refractivity contribution in [3.63, 3.8) is 0 Å². The van der Waals surface area contributed by atoms with Crippen LogP contribution >= 0.6 is 11.6 Å². The molecule has 2 aromatic carbocycles. The average molecular weight is 319 g/mol. The summed E-state index contributed by atoms with van der Waals surface area (Å²) in [6, 6.07) is 12.5. The van der Waals surface area contributed by atoms with Crippen LogP contribution in [-0.4, -0.2) is 24.8 Å². The fraction of sp³-hybridized carbons (Fsp3) is 0.188. The highest BCUT2D eigenvalue weighted by Gasteiger charge is 2.15. The molecule has 0 saturated heterocycles. The summed E-state index contributed by atoms with van der Waals surface area (Å²) in [5, 5.41) is 3.51. The molecule has 1 heterocycles. The number of ether oxygens (including phenoxy) is 2. The number of anilines is 1. The molecule has 1 aliphatic rings. The molecule has 114 valence electrons. The van der Waals surface area contributed by atoms with Crippen molar-refractivity contribution >= 4 is 23.3 Å². The Hall–Kier alpha value is -2.40. The number of hydrogen-bond donors (Lipinski definition) is 1. The first kappa shape index (κ1) is 14.5. The summed E-state index contributed by atoms with van der Waals surface area (Å²) in [6.07, 6.45) is 0. The van der Waals surface area contributed by atoms with Gasteiger partial charge in [0.05, 0.1) is 0 Å². The molecule has 0 radical (unpaired) electrons. The van der Waals surface area contributed by atoms with Crippen LogP contribution in [0.2, 0.25) is 5.02 Å². The molecule has 0 atom stereocenters. The van der Waals surface area contributed by atoms with E-state index in [2.05, 4.69) is 5.32 Å². The van der Waals surface area contributed by atoms with Crippen LogP contribution in [0.5, 0.6) is 11.5 Å². The molecule has 0 aliphatic carbocycles. The maximum Gasteiger partial charge on any atom is 0.321 e. The van der Waals surface area contributed by atoms with Gasteiger partial charge in [0, 0.05) is 30.4 Å². The maximum atomic E-state index is 12.2. The normalized spacial score (nSPS) is 12.1. The number of carbonyl (C=O) groups is 1. The van der Waals surface area contributed by atoms with Crippen LogP contribution in [0.15, 0.2) is 42.5 Å². The fourth-order valence-corrected chi connectivity index (χ4v) is 2.25. The quantitative estimate of drug-likeness (QED) is 0.938. The number of halogens is 1. The van der Waals surface area contributed by atoms with Crippen molar-refractivity contribution in [1.29, 1.82) is 0 Å². The van der Waals surface area contributed by atoms with E-state index in [1.807, 2.05) is 12.1 Å². The number of nitrogens with zero attached hydrogens (tertiary/aromatic N) is 1. The molecule has 0 unspecified atom stereocenters. The molecular formula is C16H15ClN2O3. The number of benzene rings is 2. The smallest absolute Gasteiger partial charge is 0.321 e. The van der Waals surface area contributed by atoms with E-state index in [-0.39, 0.29) is 12.8 Å². The minimum Gasteiger partial charge on any atom is -0.454 e. The number of rotatable bonds is 3. The Morgan fingerprint density at radius 1 is 1.18 bits per heavy atom. The second kappa shape index (κ2) is 6.15. The van der Waals surface area contributed by atoms with E-state index in [4.69, 9.17) is 21.1 Å². The molecule has 0 fully saturated rings. The number of hydrogen-bond acceptors (Lipinski definition) is 3. The monoisotopic (exact) mass is 318 g/mol. The third-order valence-electron chi connectivity index (χ3n) is 3.30. The minimum atomic E-state index is -0.200. The van der Waals surface area contributed by atoms with Crippen molar-refractivity contribution in [2.45, 2.75) is 6.54 Å². The molecule has 6 heteroatoms. The topological polar surface area (TPSA) is 50.8 Å². The first-order valence-electron chi connectivity index (χ1n) is 6.78. The lowest BCUT2D eigenvalue weighted by Gasteiger charge is -2.18. The summed E-state index contributed by atoms with van der Waals surface area (Å²) in [4.78, 5) is 13.8. The predicted molar refractivity (Wildman–Crippen MR) is 84.5 cm³/mol. The average Bonchev–Trinajstić information content (AvgIpc) is 2.97. The molecule has 0 saturated carbocycles. The number of urea groups is 1. The Balaban J connectivity index is 1.62. The van der Waals surface area contributed by atoms with E-state index in [9.17, 15) is 4.79 Å². The zero-order chi connectivity index (χ0) is 15.5. The van der Waals surface area contributed by atoms with E-state index in [0.717, 1.165) is 5.56 Å². The van der Waals surface area contributed by atoms with Gasteiger partial charge in [-0.15, -0.1) is 0 Å². The van der Waals surface area contributed by atoms with Gasteiger partial charge in [-0.1, -0.05) is 23.7 Å². The lowest BCUT2D eigenvalue weighted by atomic mass is 10.2. The van der Waals surface area contributed by atoms with E-state index >= 15 is 0 Å². The zero-order valence-electron chi connectivity index (χ0n) is 12.0. The predicted octanol–water partition coefficient (Wildman–Crippen LogP) is 3.73. The molecule has 1 aliphatic heterocycles. The molecule has 0 aromatic heterocycles. The molecular weight excluding hydrogens is 304 g/mol. The van der Waals surface area contributed by atoms with Crippen LogP contribution in [0.1, 0.15) is 5.56 Å². The van der Waals surface area contributed by atoms with Gasteiger partial charge < -0.3 is 19.7 Å². The van der Waals surface area contributed by atoms with E-state index < -0.39 is 0 Å². The first-order valence-corrected chi connectivity index (χ1v) is 7.16. The third-order valence-corrected chi connectivity index (χ3v) is 3.56. The number of amides is 2. The summed E-state index contributed by atoms with van der Waals surface area (Å²) in [6.45, 7) is 0.705. The summed E-state index contributed by atoms with van der Waals surface area (Å²) in [7, 11) is 1.73. The van der Waals surface area contributed by atoms with Crippen LogP contribution in [0.25, 0.3) is 0 Å². The summed E-state index contributed by atoms with van der Waals surface area (Å²) in [5.41, 5.74) is 1.67. The SMILES string of the molecule is CN(Cc1ccc(Cl)cc1)C(=O)Nc1ccc2c(c1)OCO2. The van der Waals surface area contributed by atoms with Crippen molar-refractivity contribution in [1.82, 2.24) is 4.90 Å². The van der Waals surface area contributed by atoms with Gasteiger partial charge in [0.25, 0.3) is 0 Å². The molecule has 3 rings (SSSR count). The van der Waals surface area contributed by atoms with Crippen LogP contribution in [0.3, 0.4) is 0 Å². The summed E-state index contributed by atoms with van der Waals surface area (Å²) >= 11 is 5.85. The highest BCUT2D eigenvalue weighted by molar-refractivity contribution is 6.30. The number of carbonyl (C=O) groups excluding carboxylic acids is 1. The lowest BCUT2D eigenvalue weighted by Crippen LogP contribution is -2.30. The summed E-state index contributed by atoms with van der Waals surface area (Å²) < 4.78 is 10.5. The van der Waals surface area contributed by atoms with Gasteiger partial charge in [-0.3, -0.25) is 0 Å². The number of fused-ring (bicyclic) bond motifs is 1. The van der Waals surface area contributed by atoms with Crippen LogP contribution < -0.4 is 14.8 Å². The maximum absolute atomic E-state index is 12.2. The first-order chi connectivity index (χ1) is 10.6. The second-order valence-electron chi connectivity index (χ2n) is 4.98. The van der Waals surface area contributed by atoms with Gasteiger partial charge in [0.2, 0.25) is 6.79 Å². The lowest BCUT2D eigenvalue weighted by molar-refractivity contribution is 0.174. The van der Waals surface area contributed by atoms with Crippen molar-refractivity contribution in [2.75, 3.05) is 19.2 Å². The van der Waals surface area contributed by atoms with Gasteiger partial charge in [-0.2, -0.15) is 0 Å². The van der Waals surface area contributed by atoms with Crippen LogP contribution in [-0.2, 0) is 6.54 Å². The molecule has 1 N–H and O–H groups in total. The molecule has 2 amide bonds. The zero-order valence-corrected chi connectivity index (χ0v) is 12.8. The van der Waals surface area contributed by atoms with Crippen molar-refractivity contribution < 1.29 is 14.3 Å². The van der Waals surface area contributed by atoms with Gasteiger partial charge in [0.1, 0.15) is 0 Å². The summed E-state index contributed by atoms with van der Waals surface area (Å²) in [5.74, 6) is 1.32. The van der Waals surface area contributed by atoms with E-state index in [1.165, 1.54) is 0 Å². The molecule has 0 bridgehead atoms. The van der Waals surface area contributed by atoms with Gasteiger partial charge in [0.15, 0.2) is 11.5 Å². The molecule has 5 nitrogen and oxygen atoms in total. The minimum absolute atomic E-state index is 0.200. The van der Waals surface area contributed by atoms with Crippen molar-refractivity contribution in [3.05, 3.63) is 53.1 Å². The third kappa shape index (κ3) is 3.26. The van der Waals surface area contributed by atoms with Crippen LogP contribution in [0, 0.1) is 0 Å². The van der Waals surface area contributed by atoms with E-state index in [1.54, 1.807) is 42.3 Å². The number of nitrogens with one attached hydrogen (secondary N) is 1. The Morgan fingerprint density at radius 2 is 1.91 bits per heavy atom. The molecule has 22 heavy (non-hydrogen) atoms. The molecule has 2 aromatic rings. The Bertz CT molecular complexity index is 688. The van der Waals surface area contributed by atoms with Gasteiger partial charge >= 0.3 is 6.03 Å². The Kier molecular flexibility index (Phi) is 4.06. The Morgan fingerprint density at radius 3 is 2.68 bits per heavy atom. The standard InChI is InChI=1S/C16H15ClN2O3/c1-19(9-11-2-4-12(17)5-3-11)16(20)18-13-6-7-14-15(8-13)22-10-21-14/h2-8H,9-10H2,1H3,(H,18,20). The second-order valence-corrected chi connectivity index (χ2v) is 5.42. The highest BCUT2D eigenvalue weighted by atomic mass is 35.5.